The van der Waals surface area contributed by atoms with Crippen molar-refractivity contribution in [3.8, 4) is 11.5 Å². The molecule has 2 aromatic rings. The van der Waals surface area contributed by atoms with Crippen LogP contribution in [0.4, 0.5) is 5.69 Å². The molecule has 0 atom stereocenters. The van der Waals surface area contributed by atoms with Crippen molar-refractivity contribution in [3.63, 3.8) is 0 Å². The van der Waals surface area contributed by atoms with Gasteiger partial charge in [-0.25, -0.2) is 9.86 Å². The smallest absolute Gasteiger partial charge is 0.274 e. The first-order valence-corrected chi connectivity index (χ1v) is 11.2. The van der Waals surface area contributed by atoms with Gasteiger partial charge >= 0.3 is 0 Å². The maximum Gasteiger partial charge on any atom is 0.274 e. The lowest BCUT2D eigenvalue weighted by atomic mass is 9.73. The highest BCUT2D eigenvalue weighted by molar-refractivity contribution is 7.87. The number of nitrogens with zero attached hydrogens (tertiary/aromatic N) is 2. The molecule has 8 nitrogen and oxygen atoms in total. The van der Waals surface area contributed by atoms with Crippen LogP contribution in [0.25, 0.3) is 10.9 Å². The van der Waals surface area contributed by atoms with Crippen LogP contribution in [0, 0.1) is 11.3 Å². The zero-order chi connectivity index (χ0) is 21.2. The molecule has 30 heavy (non-hydrogen) atoms. The van der Waals surface area contributed by atoms with Crippen molar-refractivity contribution >= 4 is 39.2 Å². The number of rotatable bonds is 7. The van der Waals surface area contributed by atoms with E-state index in [1.165, 1.54) is 0 Å². The van der Waals surface area contributed by atoms with Crippen molar-refractivity contribution in [3.05, 3.63) is 24.4 Å². The van der Waals surface area contributed by atoms with Gasteiger partial charge in [0.2, 0.25) is 0 Å². The first-order valence-electron chi connectivity index (χ1n) is 9.67. The molecule has 1 fully saturated rings. The zero-order valence-corrected chi connectivity index (χ0v) is 19.5. The minimum Gasteiger partial charge on any atom is -0.493 e. The number of benzene rings is 1. The van der Waals surface area contributed by atoms with Gasteiger partial charge in [-0.05, 0) is 36.3 Å². The average Bonchev–Trinajstić information content (AvgIpc) is 2.70. The molecule has 168 valence electrons. The topological polar surface area (TPSA) is 107 Å². The van der Waals surface area contributed by atoms with Gasteiger partial charge in [0, 0.05) is 43.0 Å². The zero-order valence-electron chi connectivity index (χ0n) is 17.8. The van der Waals surface area contributed by atoms with E-state index in [9.17, 15) is 8.42 Å². The van der Waals surface area contributed by atoms with Crippen LogP contribution < -0.4 is 24.2 Å². The van der Waals surface area contributed by atoms with E-state index in [0.717, 1.165) is 42.5 Å². The van der Waals surface area contributed by atoms with E-state index in [4.69, 9.17) is 14.6 Å². The number of anilines is 1. The van der Waals surface area contributed by atoms with Gasteiger partial charge in [-0.15, -0.1) is 12.4 Å². The summed E-state index contributed by atoms with van der Waals surface area (Å²) in [4.78, 5) is 6.84. The summed E-state index contributed by atoms with van der Waals surface area (Å²) in [6.45, 7) is 6.29. The third-order valence-electron chi connectivity index (χ3n) is 5.89. The van der Waals surface area contributed by atoms with E-state index >= 15 is 0 Å². The predicted octanol–water partition coefficient (Wildman–Crippen LogP) is 2.71. The Bertz CT molecular complexity index is 976. The van der Waals surface area contributed by atoms with Crippen LogP contribution in [-0.4, -0.2) is 47.3 Å². The Morgan fingerprint density at radius 3 is 2.37 bits per heavy atom. The number of methoxy groups -OCH3 is 2. The largest absolute Gasteiger partial charge is 0.493 e. The van der Waals surface area contributed by atoms with Crippen molar-refractivity contribution < 1.29 is 17.9 Å². The minimum absolute atomic E-state index is 0. The Hall–Kier alpha value is -1.81. The molecule has 0 aliphatic carbocycles. The first kappa shape index (κ1) is 24.5. The predicted molar refractivity (Wildman–Crippen MR) is 122 cm³/mol. The van der Waals surface area contributed by atoms with Crippen LogP contribution >= 0.6 is 12.4 Å². The highest BCUT2D eigenvalue weighted by atomic mass is 35.5. The summed E-state index contributed by atoms with van der Waals surface area (Å²) < 4.78 is 35.8. The van der Waals surface area contributed by atoms with E-state index in [1.807, 2.05) is 24.4 Å². The summed E-state index contributed by atoms with van der Waals surface area (Å²) in [5, 5.41) is 6.12. The van der Waals surface area contributed by atoms with E-state index in [1.54, 1.807) is 14.2 Å². The Balaban J connectivity index is 0.00000320. The molecule has 0 bridgehead atoms. The fourth-order valence-electron chi connectivity index (χ4n) is 4.07. The molecule has 10 heteroatoms. The Morgan fingerprint density at radius 2 is 1.80 bits per heavy atom. The van der Waals surface area contributed by atoms with E-state index in [0.29, 0.717) is 24.0 Å². The monoisotopic (exact) mass is 458 g/mol. The highest BCUT2D eigenvalue weighted by Crippen LogP contribution is 2.39. The molecule has 3 N–H and O–H groups in total. The number of hydrogen-bond donors (Lipinski definition) is 2. The molecular formula is C20H31ClN4O4S. The van der Waals surface area contributed by atoms with Gasteiger partial charge in [-0.3, -0.25) is 4.98 Å². The van der Waals surface area contributed by atoms with Gasteiger partial charge in [0.15, 0.2) is 11.5 Å². The summed E-state index contributed by atoms with van der Waals surface area (Å²) in [6, 6.07) is 5.90. The van der Waals surface area contributed by atoms with Crippen molar-refractivity contribution in [2.45, 2.75) is 26.7 Å². The highest BCUT2D eigenvalue weighted by Gasteiger charge is 2.33. The van der Waals surface area contributed by atoms with E-state index < -0.39 is 10.2 Å². The summed E-state index contributed by atoms with van der Waals surface area (Å²) >= 11 is 0. The third-order valence-corrected chi connectivity index (χ3v) is 6.44. The van der Waals surface area contributed by atoms with Gasteiger partial charge in [-0.2, -0.15) is 8.42 Å². The van der Waals surface area contributed by atoms with E-state index in [-0.39, 0.29) is 17.8 Å². The quantitative estimate of drug-likeness (QED) is 0.660. The minimum atomic E-state index is -3.68. The molecule has 0 amide bonds. The van der Waals surface area contributed by atoms with Gasteiger partial charge in [0.25, 0.3) is 10.2 Å². The normalized spacial score (nSPS) is 15.7. The molecule has 0 saturated carbocycles. The van der Waals surface area contributed by atoms with Crippen LogP contribution in [0.1, 0.15) is 26.7 Å². The molecule has 2 heterocycles. The number of nitrogens with two attached hydrogens (primary N) is 1. The maximum atomic E-state index is 11.3. The second kappa shape index (κ2) is 9.55. The number of fused-ring (bicyclic) bond motifs is 1. The van der Waals surface area contributed by atoms with Crippen molar-refractivity contribution in [2.24, 2.45) is 16.5 Å². The number of pyridine rings is 1. The molecular weight excluding hydrogens is 428 g/mol. The lowest BCUT2D eigenvalue weighted by molar-refractivity contribution is 0.179. The molecule has 3 rings (SSSR count). The fraction of sp³-hybridized carbons (Fsp3) is 0.550. The second-order valence-corrected chi connectivity index (χ2v) is 9.55. The fourth-order valence-corrected chi connectivity index (χ4v) is 4.64. The molecule has 1 aromatic heterocycles. The molecule has 1 aliphatic rings. The number of halogens is 1. The van der Waals surface area contributed by atoms with E-state index in [2.05, 4.69) is 28.5 Å². The summed E-state index contributed by atoms with van der Waals surface area (Å²) in [6.07, 6.45) is 3.75. The van der Waals surface area contributed by atoms with Crippen LogP contribution in [0.3, 0.4) is 0 Å². The molecule has 1 saturated heterocycles. The SMILES string of the molecule is COc1cc2nccc(N3CCC(C(C)(C)CNS(N)(=O)=O)CC3)c2cc1OC.Cl. The Labute approximate surface area is 184 Å². The number of aromatic nitrogens is 1. The molecule has 1 aromatic carbocycles. The lowest BCUT2D eigenvalue weighted by Gasteiger charge is -2.41. The average molecular weight is 459 g/mol. The molecule has 0 radical (unpaired) electrons. The standard InChI is InChI=1S/C20H30N4O4S.ClH/c1-20(2,13-23-29(21,25)26)14-6-9-24(10-7-14)17-5-8-22-16-12-19(28-4)18(27-3)11-15(16)17;/h5,8,11-12,14,23H,6-7,9-10,13H2,1-4H3,(H2,21,25,26);1H. The number of hydrogen-bond acceptors (Lipinski definition) is 6. The van der Waals surface area contributed by atoms with Crippen LogP contribution in [0.5, 0.6) is 11.5 Å². The number of piperidine rings is 1. The number of ether oxygens (including phenoxy) is 2. The Morgan fingerprint density at radius 1 is 1.20 bits per heavy atom. The number of nitrogens with one attached hydrogen (secondary N) is 1. The Kier molecular flexibility index (Phi) is 7.79. The van der Waals surface area contributed by atoms with Crippen molar-refractivity contribution in [1.29, 1.82) is 0 Å². The van der Waals surface area contributed by atoms with Gasteiger partial charge in [0.1, 0.15) is 0 Å². The van der Waals surface area contributed by atoms with Crippen LogP contribution in [-0.2, 0) is 10.2 Å². The summed E-state index contributed by atoms with van der Waals surface area (Å²) in [5.41, 5.74) is 1.81. The molecule has 0 spiro atoms. The lowest BCUT2D eigenvalue weighted by Crippen LogP contribution is -2.45. The summed E-state index contributed by atoms with van der Waals surface area (Å²) in [7, 11) is -0.432. The maximum absolute atomic E-state index is 11.3. The summed E-state index contributed by atoms with van der Waals surface area (Å²) in [5.74, 6) is 1.74. The van der Waals surface area contributed by atoms with Gasteiger partial charge in [-0.1, -0.05) is 13.8 Å². The first-order chi connectivity index (χ1) is 13.6. The van der Waals surface area contributed by atoms with Gasteiger partial charge in [0.05, 0.1) is 19.7 Å². The van der Waals surface area contributed by atoms with Crippen molar-refractivity contribution in [1.82, 2.24) is 9.71 Å². The van der Waals surface area contributed by atoms with Crippen LogP contribution in [0.15, 0.2) is 24.4 Å². The molecule has 0 unspecified atom stereocenters. The van der Waals surface area contributed by atoms with Crippen molar-refractivity contribution in [2.75, 3.05) is 38.8 Å². The van der Waals surface area contributed by atoms with Crippen LogP contribution in [0.2, 0.25) is 0 Å². The van der Waals surface area contributed by atoms with Gasteiger partial charge < -0.3 is 14.4 Å². The molecule has 1 aliphatic heterocycles. The second-order valence-electron chi connectivity index (χ2n) is 8.17. The third kappa shape index (κ3) is 5.46.